The van der Waals surface area contributed by atoms with Crippen LogP contribution >= 0.6 is 0 Å². The van der Waals surface area contributed by atoms with Gasteiger partial charge < -0.3 is 6.53 Å². The molecule has 0 atom stereocenters. The normalized spacial score (nSPS) is 20.2. The molecule has 0 heterocycles. The molecular weight excluding hydrogens is 110 g/mol. The summed E-state index contributed by atoms with van der Waals surface area (Å²) in [6, 6.07) is 0. The topological polar surface area (TPSA) is 20.2 Å². The van der Waals surface area contributed by atoms with Crippen LogP contribution in [-0.4, -0.2) is 29.1 Å². The Morgan fingerprint density at radius 1 is 1.62 bits per heavy atom. The molecule has 1 saturated carbocycles. The van der Waals surface area contributed by atoms with E-state index in [1.54, 1.807) is 0 Å². The van der Waals surface area contributed by atoms with Crippen molar-refractivity contribution >= 4 is 17.4 Å². The van der Waals surface area contributed by atoms with Gasteiger partial charge in [0.2, 0.25) is 0 Å². The van der Waals surface area contributed by atoms with Crippen LogP contribution in [0.1, 0.15) is 21.2 Å². The summed E-state index contributed by atoms with van der Waals surface area (Å²) in [4.78, 5) is 0. The molecule has 0 saturated heterocycles. The van der Waals surface area contributed by atoms with Crippen molar-refractivity contribution < 1.29 is 25.4 Å². The molecule has 0 aromatic heterocycles. The molecule has 8 heavy (non-hydrogen) atoms. The maximum atomic E-state index is 8.47. The number of aliphatic hydroxyl groups excluding tert-OH is 1. The average molecular weight is 124 g/mol. The van der Waals surface area contributed by atoms with Gasteiger partial charge in [0.1, 0.15) is 0 Å². The Morgan fingerprint density at radius 2 is 2.00 bits per heavy atom. The minimum absolute atomic E-state index is 0. The summed E-state index contributed by atoms with van der Waals surface area (Å²) in [7, 11) is 0. The van der Waals surface area contributed by atoms with Gasteiger partial charge in [-0.2, -0.15) is 0 Å². The summed E-state index contributed by atoms with van der Waals surface area (Å²) in [6.07, 6.45) is 2.45. The zero-order valence-corrected chi connectivity index (χ0v) is 5.07. The van der Waals surface area contributed by atoms with Gasteiger partial charge in [0.25, 0.3) is 0 Å². The number of rotatable bonds is 1. The van der Waals surface area contributed by atoms with Crippen LogP contribution in [0, 0.1) is 5.41 Å². The Morgan fingerprint density at radius 3 is 2.00 bits per heavy atom. The molecule has 0 aromatic carbocycles. The Labute approximate surface area is 74.6 Å². The molecule has 0 radical (unpaired) electrons. The van der Waals surface area contributed by atoms with E-state index in [0.717, 1.165) is 0 Å². The SMILES string of the molecule is CC1(CO)CC1.[AlH3].[H-].[Li+]. The van der Waals surface area contributed by atoms with Crippen LogP contribution in [0.3, 0.4) is 0 Å². The predicted octanol–water partition coefficient (Wildman–Crippen LogP) is -3.29. The monoisotopic (exact) mass is 124 g/mol. The molecule has 1 N–H and O–H groups in total. The van der Waals surface area contributed by atoms with Crippen LogP contribution in [0.15, 0.2) is 0 Å². The Balaban J connectivity index is -0.000000120. The maximum Gasteiger partial charge on any atom is 1.00 e. The molecule has 0 amide bonds. The zero-order chi connectivity index (χ0) is 4.62. The van der Waals surface area contributed by atoms with Crippen molar-refractivity contribution in [2.45, 2.75) is 19.8 Å². The van der Waals surface area contributed by atoms with Crippen molar-refractivity contribution in [3.63, 3.8) is 0 Å². The number of hydrogen-bond donors (Lipinski definition) is 1. The van der Waals surface area contributed by atoms with E-state index in [-0.39, 0.29) is 37.6 Å². The summed E-state index contributed by atoms with van der Waals surface area (Å²) >= 11 is 0. The molecule has 3 heteroatoms. The fraction of sp³-hybridized carbons (Fsp3) is 1.00. The third-order valence-corrected chi connectivity index (χ3v) is 1.49. The van der Waals surface area contributed by atoms with E-state index in [4.69, 9.17) is 5.11 Å². The van der Waals surface area contributed by atoms with E-state index < -0.39 is 0 Å². The van der Waals surface area contributed by atoms with Gasteiger partial charge in [0, 0.05) is 6.61 Å². The number of aliphatic hydroxyl groups is 1. The van der Waals surface area contributed by atoms with Crippen molar-refractivity contribution in [3.8, 4) is 0 Å². The largest absolute Gasteiger partial charge is 1.00 e. The zero-order valence-electron chi connectivity index (χ0n) is 6.07. The molecule has 1 rings (SSSR count). The molecule has 1 aliphatic rings. The van der Waals surface area contributed by atoms with Crippen molar-refractivity contribution in [1.82, 2.24) is 0 Å². The molecule has 0 spiro atoms. The van der Waals surface area contributed by atoms with Crippen LogP contribution in [0.25, 0.3) is 0 Å². The molecule has 1 fully saturated rings. The summed E-state index contributed by atoms with van der Waals surface area (Å²) in [6.45, 7) is 2.49. The molecule has 1 nitrogen and oxygen atoms in total. The second-order valence-corrected chi connectivity index (χ2v) is 2.47. The minimum Gasteiger partial charge on any atom is -1.00 e. The van der Waals surface area contributed by atoms with Crippen LogP contribution in [0.2, 0.25) is 0 Å². The molecule has 0 unspecified atom stereocenters. The molecule has 1 aliphatic carbocycles. The molecule has 0 aromatic rings. The standard InChI is InChI=1S/C5H10O.Al.Li.4H/c1-5(4-6)2-3-5;;;;;;/h6H,2-4H2,1H3;;;;;;/q;;+1;;;;-1. The van der Waals surface area contributed by atoms with Gasteiger partial charge >= 0.3 is 18.9 Å². The Hall–Kier alpha value is 1.09. The summed E-state index contributed by atoms with van der Waals surface area (Å²) in [5.74, 6) is 0. The van der Waals surface area contributed by atoms with Crippen molar-refractivity contribution in [2.24, 2.45) is 5.41 Å². The summed E-state index contributed by atoms with van der Waals surface area (Å²) < 4.78 is 0. The van der Waals surface area contributed by atoms with E-state index >= 15 is 0 Å². The fourth-order valence-corrected chi connectivity index (χ4v) is 0.372. The minimum atomic E-state index is 0. The van der Waals surface area contributed by atoms with Gasteiger partial charge in [-0.15, -0.1) is 0 Å². The van der Waals surface area contributed by atoms with E-state index in [0.29, 0.717) is 12.0 Å². The van der Waals surface area contributed by atoms with Crippen molar-refractivity contribution in [3.05, 3.63) is 0 Å². The maximum absolute atomic E-state index is 8.47. The van der Waals surface area contributed by atoms with Crippen LogP contribution < -0.4 is 18.9 Å². The van der Waals surface area contributed by atoms with Crippen molar-refractivity contribution in [2.75, 3.05) is 6.61 Å². The van der Waals surface area contributed by atoms with E-state index in [1.165, 1.54) is 12.8 Å². The first kappa shape index (κ1) is 11.8. The van der Waals surface area contributed by atoms with Gasteiger partial charge in [0.15, 0.2) is 17.4 Å². The number of hydrogen-bond acceptors (Lipinski definition) is 1. The predicted molar refractivity (Wildman–Crippen MR) is 35.5 cm³/mol. The first-order valence-corrected chi connectivity index (χ1v) is 2.38. The van der Waals surface area contributed by atoms with Gasteiger partial charge in [-0.05, 0) is 18.3 Å². The quantitative estimate of drug-likeness (QED) is 0.363. The van der Waals surface area contributed by atoms with Crippen LogP contribution in [0.5, 0.6) is 0 Å². The average Bonchev–Trinajstić information content (AvgIpc) is 2.22. The van der Waals surface area contributed by atoms with Crippen LogP contribution in [-0.2, 0) is 0 Å². The third kappa shape index (κ3) is 3.18. The fourth-order valence-electron chi connectivity index (χ4n) is 0.372. The first-order valence-electron chi connectivity index (χ1n) is 2.38. The van der Waals surface area contributed by atoms with E-state index in [9.17, 15) is 0 Å². The van der Waals surface area contributed by atoms with Gasteiger partial charge in [-0.25, -0.2) is 0 Å². The summed E-state index contributed by atoms with van der Waals surface area (Å²) in [5.41, 5.74) is 0.347. The Bertz CT molecular complexity index is 68.0. The second kappa shape index (κ2) is 3.99. The second-order valence-electron chi connectivity index (χ2n) is 2.47. The van der Waals surface area contributed by atoms with Gasteiger partial charge in [-0.3, -0.25) is 0 Å². The molecule has 0 aliphatic heterocycles. The van der Waals surface area contributed by atoms with Crippen molar-refractivity contribution in [1.29, 1.82) is 0 Å². The third-order valence-electron chi connectivity index (χ3n) is 1.49. The smallest absolute Gasteiger partial charge is 1.00 e. The Kier molecular flexibility index (Phi) is 5.91. The van der Waals surface area contributed by atoms with Gasteiger partial charge in [0.05, 0.1) is 0 Å². The van der Waals surface area contributed by atoms with E-state index in [2.05, 4.69) is 6.92 Å². The van der Waals surface area contributed by atoms with E-state index in [1.807, 2.05) is 0 Å². The molecular formula is C5H14AlLiO. The van der Waals surface area contributed by atoms with Crippen LogP contribution in [0.4, 0.5) is 0 Å². The molecule has 44 valence electrons. The first-order chi connectivity index (χ1) is 2.77. The van der Waals surface area contributed by atoms with Gasteiger partial charge in [-0.1, -0.05) is 6.92 Å². The molecule has 0 bridgehead atoms. The summed E-state index contributed by atoms with van der Waals surface area (Å²) in [5, 5.41) is 8.47.